The second kappa shape index (κ2) is 17.6. The van der Waals surface area contributed by atoms with Crippen molar-refractivity contribution in [1.82, 2.24) is 19.5 Å². The minimum atomic E-state index is -1.78. The van der Waals surface area contributed by atoms with E-state index >= 15 is 0 Å². The summed E-state index contributed by atoms with van der Waals surface area (Å²) in [5.74, 6) is 7.30. The quantitative estimate of drug-likeness (QED) is 0.118. The topological polar surface area (TPSA) is 56.7 Å². The van der Waals surface area contributed by atoms with Gasteiger partial charge in [-0.25, -0.2) is 4.98 Å². The second-order valence-electron chi connectivity index (χ2n) is 16.4. The van der Waals surface area contributed by atoms with E-state index in [9.17, 15) is 0 Å². The smallest absolute Gasteiger partial charge is 0 e. The molecule has 4 aromatic heterocycles. The van der Waals surface area contributed by atoms with E-state index in [4.69, 9.17) is 10.8 Å². The third-order valence-corrected chi connectivity index (χ3v) is 15.2. The van der Waals surface area contributed by atoms with Gasteiger partial charge in [-0.1, -0.05) is 89.8 Å². The molecule has 0 fully saturated rings. The first-order chi connectivity index (χ1) is 29.4. The van der Waals surface area contributed by atoms with Crippen molar-refractivity contribution >= 4 is 50.8 Å². The number of rotatable bonds is 7. The summed E-state index contributed by atoms with van der Waals surface area (Å²) in [7, 11) is 0. The van der Waals surface area contributed by atoms with Gasteiger partial charge in [0.2, 0.25) is 5.71 Å². The number of nitrogens with zero attached hydrogens (tertiary/aromatic N) is 4. The van der Waals surface area contributed by atoms with Crippen molar-refractivity contribution in [3.05, 3.63) is 187 Å². The van der Waals surface area contributed by atoms with Crippen LogP contribution >= 0.6 is 0 Å². The van der Waals surface area contributed by atoms with Crippen LogP contribution in [0, 0.1) is 19.1 Å². The number of hydrogen-bond acceptors (Lipinski definition) is 4. The summed E-state index contributed by atoms with van der Waals surface area (Å²) in [4.78, 5) is 14.4. The van der Waals surface area contributed by atoms with Gasteiger partial charge in [0, 0.05) is 42.4 Å². The van der Waals surface area contributed by atoms with Gasteiger partial charge >= 0.3 is 120 Å². The number of hydrogen-bond donors (Lipinski definition) is 0. The molecule has 1 radical (unpaired) electrons. The van der Waals surface area contributed by atoms with E-state index in [0.717, 1.165) is 83.7 Å². The largest absolute Gasteiger partial charge is 0 e. The Morgan fingerprint density at radius 2 is 1.44 bits per heavy atom. The van der Waals surface area contributed by atoms with Crippen LogP contribution in [0.4, 0.5) is 0 Å². The first-order valence-electron chi connectivity index (χ1n) is 20.9. The number of para-hydroxylation sites is 2. The van der Waals surface area contributed by atoms with E-state index in [2.05, 4.69) is 153 Å². The molecule has 303 valence electrons. The zero-order valence-electron chi connectivity index (χ0n) is 36.1. The molecule has 0 saturated heterocycles. The third kappa shape index (κ3) is 8.54. The molecule has 0 saturated carbocycles. The molecule has 0 aliphatic heterocycles. The molecule has 0 atom stereocenters. The Morgan fingerprint density at radius 3 is 2.13 bits per heavy atom. The van der Waals surface area contributed by atoms with Crippen LogP contribution in [0.15, 0.2) is 168 Å². The fourth-order valence-corrected chi connectivity index (χ4v) is 9.77. The molecule has 0 aliphatic carbocycles. The van der Waals surface area contributed by atoms with Gasteiger partial charge < -0.3 is 8.98 Å². The number of aryl methyl sites for hydroxylation is 1. The van der Waals surface area contributed by atoms with E-state index in [-0.39, 0.29) is 20.1 Å². The van der Waals surface area contributed by atoms with E-state index in [0.29, 0.717) is 5.71 Å². The van der Waals surface area contributed by atoms with Crippen LogP contribution in [0.3, 0.4) is 0 Å². The Hall–Kier alpha value is -5.92. The number of furan rings is 1. The van der Waals surface area contributed by atoms with Crippen LogP contribution in [0.2, 0.25) is 17.3 Å². The van der Waals surface area contributed by atoms with E-state index in [1.165, 1.54) is 9.96 Å². The summed E-state index contributed by atoms with van der Waals surface area (Å²) in [6.07, 6.45) is 2.02. The number of pyridine rings is 2. The number of aromatic nitrogens is 4. The summed E-state index contributed by atoms with van der Waals surface area (Å²) in [5, 5.41) is 1.99. The summed E-state index contributed by atoms with van der Waals surface area (Å²) in [6.45, 7) is 5.75. The average Bonchev–Trinajstić information content (AvgIpc) is 3.85. The summed E-state index contributed by atoms with van der Waals surface area (Å²) in [6, 6.07) is 61.0. The molecule has 6 aromatic carbocycles. The van der Waals surface area contributed by atoms with E-state index in [1.807, 2.05) is 75.5 Å². The first kappa shape index (κ1) is 40.5. The Kier molecular flexibility index (Phi) is 11.7. The average molecular weight is 1030 g/mol. The molecule has 4 heterocycles. The van der Waals surface area contributed by atoms with Crippen molar-refractivity contribution in [3.8, 4) is 50.6 Å². The van der Waals surface area contributed by atoms with Crippen molar-refractivity contribution in [3.63, 3.8) is 0 Å². The van der Waals surface area contributed by atoms with Crippen molar-refractivity contribution < 1.29 is 25.9 Å². The van der Waals surface area contributed by atoms with Gasteiger partial charge in [0.15, 0.2) is 0 Å². The molecule has 5 nitrogen and oxygen atoms in total. The summed E-state index contributed by atoms with van der Waals surface area (Å²) < 4.78 is 18.1. The van der Waals surface area contributed by atoms with Gasteiger partial charge in [-0.3, -0.25) is 4.98 Å². The summed E-state index contributed by atoms with van der Waals surface area (Å²) >= 11 is -1.78. The molecule has 10 rings (SSSR count). The molecule has 0 bridgehead atoms. The molecule has 10 aromatic rings. The van der Waals surface area contributed by atoms with Gasteiger partial charge in [0.05, 0.1) is 22.4 Å². The van der Waals surface area contributed by atoms with Gasteiger partial charge in [-0.05, 0) is 60.0 Å². The molecule has 0 unspecified atom stereocenters. The molecule has 0 N–H and O–H groups in total. The van der Waals surface area contributed by atoms with Crippen molar-refractivity contribution in [2.75, 3.05) is 0 Å². The van der Waals surface area contributed by atoms with Crippen LogP contribution in [0.25, 0.3) is 83.7 Å². The van der Waals surface area contributed by atoms with Gasteiger partial charge in [0.1, 0.15) is 0 Å². The first-order valence-corrected chi connectivity index (χ1v) is 27.7. The minimum absolute atomic E-state index is 0. The fraction of sp³-hybridized carbons (Fsp3) is 0.130. The Labute approximate surface area is 375 Å². The number of benzene rings is 6. The van der Waals surface area contributed by atoms with E-state index < -0.39 is 19.2 Å². The SMILES string of the molecule is Cc1ccc2c(n1)oc1c(-c3nc4ccccc4n3-c3ccc(-c4ccccc4)cc3-c3ccccc3)[c-]ccc12.[2H]C(C)(C)c1c[c-]c(-c2cc[c]([Ge]([CH3])([CH3])[CH3])cn2)cc1.[Ir]. The minimum Gasteiger partial charge on any atom is 0 e. The predicted molar refractivity (Wildman–Crippen MR) is 252 cm³/mol. The molecular formula is C54H46GeIrN4O-2. The van der Waals surface area contributed by atoms with Gasteiger partial charge in [-0.2, -0.15) is 0 Å². The molecular weight excluding hydrogens is 985 g/mol. The molecule has 0 aliphatic rings. The predicted octanol–water partition coefficient (Wildman–Crippen LogP) is 13.6. The second-order valence-corrected chi connectivity index (χ2v) is 27.1. The zero-order chi connectivity index (χ0) is 42.3. The Morgan fingerprint density at radius 1 is 0.705 bits per heavy atom. The van der Waals surface area contributed by atoms with Crippen LogP contribution in [0.1, 0.15) is 32.4 Å². The maximum absolute atomic E-state index is 8.02. The number of imidazole rings is 1. The van der Waals surface area contributed by atoms with E-state index in [1.54, 1.807) is 0 Å². The molecule has 7 heteroatoms. The zero-order valence-corrected chi connectivity index (χ0v) is 39.6. The standard InChI is InChI=1S/C37H24N3O.C17H22GeN.Ir/c1-24-19-21-29-28-15-10-16-30(35(28)41-37(29)38-24)36-39-32-17-8-9-18-34(32)40(36)33-22-20-27(25-11-4-2-5-12-25)23-31(33)26-13-6-3-7-14-26;1-13(2)14-6-8-15(9-7-14)17-11-10-16(12-19-17)18(3,4)5;/h2-15,17-23H,1H3;6-8,10-13H,1-5H3;/q2*-1;/i;13D;. The Bertz CT molecular complexity index is 3090. The third-order valence-electron chi connectivity index (χ3n) is 10.9. The normalized spacial score (nSPS) is 11.9. The summed E-state index contributed by atoms with van der Waals surface area (Å²) in [5.41, 5.74) is 13.5. The van der Waals surface area contributed by atoms with Crippen molar-refractivity contribution in [1.29, 1.82) is 0 Å². The van der Waals surface area contributed by atoms with Gasteiger partial charge in [0.25, 0.3) is 0 Å². The van der Waals surface area contributed by atoms with Crippen LogP contribution < -0.4 is 4.40 Å². The molecule has 0 amide bonds. The van der Waals surface area contributed by atoms with Crippen LogP contribution in [-0.4, -0.2) is 32.8 Å². The monoisotopic (exact) mass is 1030 g/mol. The van der Waals surface area contributed by atoms with Crippen molar-refractivity contribution in [2.24, 2.45) is 0 Å². The maximum Gasteiger partial charge on any atom is 0 e. The molecule has 61 heavy (non-hydrogen) atoms. The molecule has 0 spiro atoms. The van der Waals surface area contributed by atoms with Crippen molar-refractivity contribution in [2.45, 2.75) is 43.9 Å². The Balaban J connectivity index is 0.000000214. The van der Waals surface area contributed by atoms with Crippen LogP contribution in [-0.2, 0) is 20.1 Å². The van der Waals surface area contributed by atoms with Gasteiger partial charge in [-0.15, -0.1) is 18.2 Å². The fourth-order valence-electron chi connectivity index (χ4n) is 7.60. The van der Waals surface area contributed by atoms with Crippen LogP contribution in [0.5, 0.6) is 0 Å². The number of fused-ring (bicyclic) bond motifs is 4. The maximum atomic E-state index is 8.02.